The summed E-state index contributed by atoms with van der Waals surface area (Å²) in [6.45, 7) is 7.04. The van der Waals surface area contributed by atoms with Gasteiger partial charge in [-0.3, -0.25) is 9.80 Å². The van der Waals surface area contributed by atoms with Crippen LogP contribution in [0.25, 0.3) is 22.0 Å². The van der Waals surface area contributed by atoms with Gasteiger partial charge in [-0.05, 0) is 71.6 Å². The molecule has 2 heterocycles. The first-order valence-corrected chi connectivity index (χ1v) is 14.2. The molecule has 12 heteroatoms. The van der Waals surface area contributed by atoms with Gasteiger partial charge in [0.05, 0.1) is 7.11 Å². The molecule has 4 aromatic rings. The summed E-state index contributed by atoms with van der Waals surface area (Å²) in [5.74, 6) is 0.593. The van der Waals surface area contributed by atoms with Gasteiger partial charge < -0.3 is 25.5 Å². The molecule has 0 amide bonds. The third-order valence-corrected chi connectivity index (χ3v) is 7.81. The lowest BCUT2D eigenvalue weighted by Gasteiger charge is -2.34. The topological polar surface area (TPSA) is 81.9 Å². The fourth-order valence-corrected chi connectivity index (χ4v) is 5.66. The number of methoxy groups -OCH3 is 1. The van der Waals surface area contributed by atoms with E-state index in [4.69, 9.17) is 16.2 Å². The molecule has 1 aliphatic rings. The summed E-state index contributed by atoms with van der Waals surface area (Å²) in [6.07, 6.45) is -1.89. The molecule has 5 rings (SSSR count). The summed E-state index contributed by atoms with van der Waals surface area (Å²) in [7, 11) is 1.68. The number of nitrogens with two attached hydrogens (primary N) is 2. The average Bonchev–Trinajstić information content (AvgIpc) is 3.34. The van der Waals surface area contributed by atoms with Crippen LogP contribution in [0.5, 0.6) is 11.5 Å². The smallest absolute Gasteiger partial charge is 0.497 e. The Hall–Kier alpha value is -2.99. The van der Waals surface area contributed by atoms with Gasteiger partial charge in [-0.25, -0.2) is 0 Å². The molecule has 0 saturated carbocycles. The fraction of sp³-hybridized carbons (Fsp3) is 0.375. The van der Waals surface area contributed by atoms with Crippen molar-refractivity contribution in [3.8, 4) is 22.6 Å². The zero-order chi connectivity index (χ0) is 29.7. The molecule has 1 aromatic heterocycles. The largest absolute Gasteiger partial charge is 0.573 e. The quantitative estimate of drug-likeness (QED) is 0.201. The van der Waals surface area contributed by atoms with E-state index in [-0.39, 0.29) is 37.1 Å². The van der Waals surface area contributed by atoms with E-state index in [0.29, 0.717) is 12.1 Å². The van der Waals surface area contributed by atoms with Crippen molar-refractivity contribution in [2.75, 3.05) is 39.8 Å². The highest BCUT2D eigenvalue weighted by Crippen LogP contribution is 2.36. The SMILES string of the molecule is COc1ccc(CN2CCN(Cc3ccc4c(c3)c(-c3ccc(OC(F)(F)F)cc3CN)cn4CCCN)CC2)cc1.Cl.Cl. The van der Waals surface area contributed by atoms with Crippen LogP contribution in [0, 0.1) is 0 Å². The van der Waals surface area contributed by atoms with Crippen molar-refractivity contribution in [1.82, 2.24) is 14.4 Å². The van der Waals surface area contributed by atoms with E-state index in [0.717, 1.165) is 80.0 Å². The zero-order valence-corrected chi connectivity index (χ0v) is 26.3. The minimum atomic E-state index is -4.76. The van der Waals surface area contributed by atoms with E-state index in [1.807, 2.05) is 12.1 Å². The van der Waals surface area contributed by atoms with Crippen LogP contribution in [0.15, 0.2) is 66.9 Å². The average molecular weight is 655 g/mol. The summed E-state index contributed by atoms with van der Waals surface area (Å²) in [5.41, 5.74) is 17.6. The number of fused-ring (bicyclic) bond motifs is 1. The van der Waals surface area contributed by atoms with Gasteiger partial charge in [-0.15, -0.1) is 38.0 Å². The third-order valence-electron chi connectivity index (χ3n) is 7.81. The summed E-state index contributed by atoms with van der Waals surface area (Å²) in [4.78, 5) is 4.93. The number of piperazine rings is 1. The molecule has 0 bridgehead atoms. The van der Waals surface area contributed by atoms with Crippen LogP contribution >= 0.6 is 24.8 Å². The molecule has 0 unspecified atom stereocenters. The standard InChI is InChI=1S/C32H38F3N5O2.2ClH/c1-41-26-6-3-23(4-7-26)20-38-13-15-39(16-14-38)21-24-5-10-31-29(17-24)30(22-40(31)12-2-11-36)28-9-8-27(18-25(28)19-37)42-32(33,34)35;;/h3-10,17-18,22H,2,11-16,19-21,36-37H2,1H3;2*1H. The monoisotopic (exact) mass is 653 g/mol. The van der Waals surface area contributed by atoms with Crippen LogP contribution in [-0.2, 0) is 26.2 Å². The van der Waals surface area contributed by atoms with Gasteiger partial charge in [0.1, 0.15) is 11.5 Å². The van der Waals surface area contributed by atoms with Gasteiger partial charge >= 0.3 is 6.36 Å². The number of alkyl halides is 3. The highest BCUT2D eigenvalue weighted by atomic mass is 35.5. The Balaban J connectivity index is 0.00000264. The molecule has 0 radical (unpaired) electrons. The molecule has 7 nitrogen and oxygen atoms in total. The van der Waals surface area contributed by atoms with Crippen molar-refractivity contribution in [1.29, 1.82) is 0 Å². The minimum absolute atomic E-state index is 0. The number of benzene rings is 3. The Morgan fingerprint density at radius 2 is 1.39 bits per heavy atom. The Morgan fingerprint density at radius 1 is 0.773 bits per heavy atom. The molecule has 3 aromatic carbocycles. The van der Waals surface area contributed by atoms with Gasteiger partial charge in [0.2, 0.25) is 0 Å². The van der Waals surface area contributed by atoms with Crippen molar-refractivity contribution in [2.24, 2.45) is 11.5 Å². The zero-order valence-electron chi connectivity index (χ0n) is 24.7. The molecular weight excluding hydrogens is 614 g/mol. The molecule has 0 spiro atoms. The van der Waals surface area contributed by atoms with E-state index in [9.17, 15) is 13.2 Å². The molecule has 0 aliphatic carbocycles. The third kappa shape index (κ3) is 8.80. The number of nitrogens with zero attached hydrogens (tertiary/aromatic N) is 3. The van der Waals surface area contributed by atoms with Crippen LogP contribution in [-0.4, -0.2) is 60.6 Å². The van der Waals surface area contributed by atoms with Crippen molar-refractivity contribution in [3.63, 3.8) is 0 Å². The van der Waals surface area contributed by atoms with Crippen LogP contribution in [0.1, 0.15) is 23.1 Å². The first kappa shape index (κ1) is 35.5. The molecule has 1 fully saturated rings. The van der Waals surface area contributed by atoms with Gasteiger partial charge in [-0.1, -0.05) is 24.3 Å². The maximum atomic E-state index is 12.8. The molecular formula is C32H40Cl2F3N5O2. The lowest BCUT2D eigenvalue weighted by atomic mass is 9.98. The Bertz CT molecular complexity index is 1490. The second-order valence-electron chi connectivity index (χ2n) is 10.7. The van der Waals surface area contributed by atoms with Gasteiger partial charge in [-0.2, -0.15) is 0 Å². The minimum Gasteiger partial charge on any atom is -0.497 e. The number of hydrogen-bond donors (Lipinski definition) is 2. The second-order valence-corrected chi connectivity index (χ2v) is 10.7. The lowest BCUT2D eigenvalue weighted by molar-refractivity contribution is -0.274. The molecule has 44 heavy (non-hydrogen) atoms. The maximum absolute atomic E-state index is 12.8. The predicted molar refractivity (Wildman–Crippen MR) is 174 cm³/mol. The Morgan fingerprint density at radius 3 is 1.98 bits per heavy atom. The van der Waals surface area contributed by atoms with Crippen molar-refractivity contribution in [3.05, 3.63) is 83.6 Å². The second kappa shape index (κ2) is 15.8. The predicted octanol–water partition coefficient (Wildman–Crippen LogP) is 6.18. The van der Waals surface area contributed by atoms with Crippen LogP contribution in [0.2, 0.25) is 0 Å². The number of ether oxygens (including phenoxy) is 2. The van der Waals surface area contributed by atoms with Crippen LogP contribution in [0.4, 0.5) is 13.2 Å². The number of halogens is 5. The summed E-state index contributed by atoms with van der Waals surface area (Å²) in [5, 5.41) is 1.04. The van der Waals surface area contributed by atoms with Gasteiger partial charge in [0.25, 0.3) is 0 Å². The number of hydrogen-bond acceptors (Lipinski definition) is 6. The Labute approximate surface area is 268 Å². The maximum Gasteiger partial charge on any atom is 0.573 e. The Kier molecular flexibility index (Phi) is 12.8. The number of aromatic nitrogens is 1. The molecule has 0 atom stereocenters. The number of aryl methyl sites for hydroxylation is 1. The first-order chi connectivity index (χ1) is 20.3. The van der Waals surface area contributed by atoms with Crippen molar-refractivity contribution in [2.45, 2.75) is 39.0 Å². The van der Waals surface area contributed by atoms with E-state index in [1.54, 1.807) is 13.2 Å². The molecule has 240 valence electrons. The number of rotatable bonds is 11. The summed E-state index contributed by atoms with van der Waals surface area (Å²) in [6, 6.07) is 19.1. The fourth-order valence-electron chi connectivity index (χ4n) is 5.66. The van der Waals surface area contributed by atoms with E-state index >= 15 is 0 Å². The summed E-state index contributed by atoms with van der Waals surface area (Å²) >= 11 is 0. The van der Waals surface area contributed by atoms with E-state index in [1.165, 1.54) is 23.3 Å². The van der Waals surface area contributed by atoms with Crippen molar-refractivity contribution < 1.29 is 22.6 Å². The molecule has 1 aliphatic heterocycles. The molecule has 1 saturated heterocycles. The van der Waals surface area contributed by atoms with E-state index in [2.05, 4.69) is 55.6 Å². The van der Waals surface area contributed by atoms with E-state index < -0.39 is 6.36 Å². The van der Waals surface area contributed by atoms with Gasteiger partial charge in [0, 0.05) is 75.0 Å². The lowest BCUT2D eigenvalue weighted by Crippen LogP contribution is -2.45. The van der Waals surface area contributed by atoms with Crippen LogP contribution in [0.3, 0.4) is 0 Å². The summed E-state index contributed by atoms with van der Waals surface area (Å²) < 4.78 is 50.1. The molecule has 4 N–H and O–H groups in total. The highest BCUT2D eigenvalue weighted by molar-refractivity contribution is 5.97. The first-order valence-electron chi connectivity index (χ1n) is 14.2. The van der Waals surface area contributed by atoms with Gasteiger partial charge in [0.15, 0.2) is 0 Å². The van der Waals surface area contributed by atoms with Crippen molar-refractivity contribution >= 4 is 35.7 Å². The highest BCUT2D eigenvalue weighted by Gasteiger charge is 2.31. The normalized spacial score (nSPS) is 14.2. The van der Waals surface area contributed by atoms with Crippen LogP contribution < -0.4 is 20.9 Å².